The van der Waals surface area contributed by atoms with E-state index in [0.29, 0.717) is 19.3 Å². The van der Waals surface area contributed by atoms with Gasteiger partial charge in [0.25, 0.3) is 0 Å². The van der Waals surface area contributed by atoms with Crippen LogP contribution in [0.2, 0.25) is 0 Å². The third-order valence-corrected chi connectivity index (χ3v) is 10.8. The SMILES string of the molecule is CC/C=C\C/C=C\C/C=C\C/C=C\C=C\C(O)CCCC(=O)OC[C@H](COP(=O)(O)OC[C@H](N)C(=O)O)OC(=O)CCCCCCCCCCCCCCCCCCCCC. The molecule has 0 aromatic heterocycles. The fourth-order valence-electron chi connectivity index (χ4n) is 6.21. The van der Waals surface area contributed by atoms with E-state index in [-0.39, 0.29) is 12.8 Å². The fourth-order valence-corrected chi connectivity index (χ4v) is 6.99. The molecule has 13 heteroatoms. The van der Waals surface area contributed by atoms with Gasteiger partial charge in [-0.25, -0.2) is 4.57 Å². The zero-order valence-corrected chi connectivity index (χ0v) is 38.7. The van der Waals surface area contributed by atoms with Gasteiger partial charge in [0, 0.05) is 12.8 Å². The molecule has 0 aliphatic carbocycles. The summed E-state index contributed by atoms with van der Waals surface area (Å²) in [5.74, 6) is -2.60. The highest BCUT2D eigenvalue weighted by Gasteiger charge is 2.28. The van der Waals surface area contributed by atoms with Gasteiger partial charge >= 0.3 is 25.7 Å². The number of aliphatic hydroxyl groups excluding tert-OH is 1. The summed E-state index contributed by atoms with van der Waals surface area (Å²) >= 11 is 0. The predicted molar refractivity (Wildman–Crippen MR) is 246 cm³/mol. The first-order chi connectivity index (χ1) is 29.5. The monoisotopic (exact) mass is 882 g/mol. The Morgan fingerprint density at radius 2 is 1.05 bits per heavy atom. The van der Waals surface area contributed by atoms with E-state index in [1.54, 1.807) is 12.2 Å². The van der Waals surface area contributed by atoms with Gasteiger partial charge in [-0.15, -0.1) is 0 Å². The quantitative estimate of drug-likeness (QED) is 0.0149. The van der Waals surface area contributed by atoms with Gasteiger partial charge in [0.1, 0.15) is 12.6 Å². The van der Waals surface area contributed by atoms with Gasteiger partial charge in [-0.2, -0.15) is 0 Å². The number of esters is 2. The summed E-state index contributed by atoms with van der Waals surface area (Å²) in [5, 5.41) is 19.2. The highest BCUT2D eigenvalue weighted by Crippen LogP contribution is 2.43. The molecule has 12 nitrogen and oxygen atoms in total. The minimum atomic E-state index is -4.77. The molecule has 0 bridgehead atoms. The maximum absolute atomic E-state index is 12.7. The van der Waals surface area contributed by atoms with E-state index in [2.05, 4.69) is 54.8 Å². The third-order valence-electron chi connectivity index (χ3n) is 9.88. The van der Waals surface area contributed by atoms with Crippen LogP contribution in [-0.2, 0) is 37.5 Å². The molecule has 2 unspecified atom stereocenters. The van der Waals surface area contributed by atoms with E-state index in [9.17, 15) is 28.9 Å². The van der Waals surface area contributed by atoms with Crippen LogP contribution in [0, 0.1) is 0 Å². The Labute approximate surface area is 369 Å². The largest absolute Gasteiger partial charge is 0.480 e. The topological polar surface area (TPSA) is 192 Å². The second-order valence-corrected chi connectivity index (χ2v) is 17.2. The fraction of sp³-hybridized carbons (Fsp3) is 0.729. The van der Waals surface area contributed by atoms with Gasteiger partial charge in [0.15, 0.2) is 6.10 Å². The zero-order chi connectivity index (χ0) is 45.1. The van der Waals surface area contributed by atoms with Crippen LogP contribution in [0.3, 0.4) is 0 Å². The van der Waals surface area contributed by atoms with Gasteiger partial charge in [-0.05, 0) is 44.9 Å². The van der Waals surface area contributed by atoms with Gasteiger partial charge in [0.05, 0.1) is 19.3 Å². The maximum Gasteiger partial charge on any atom is 0.472 e. The Balaban J connectivity index is 4.47. The number of nitrogens with two attached hydrogens (primary N) is 1. The minimum absolute atomic E-state index is 0.00949. The normalized spacial score (nSPS) is 14.7. The summed E-state index contributed by atoms with van der Waals surface area (Å²) in [6.45, 7) is 2.51. The van der Waals surface area contributed by atoms with E-state index in [1.165, 1.54) is 96.3 Å². The predicted octanol–water partition coefficient (Wildman–Crippen LogP) is 11.7. The number of hydrogen-bond donors (Lipinski definition) is 4. The number of carboxylic acids is 1. The molecule has 4 atom stereocenters. The van der Waals surface area contributed by atoms with Crippen molar-refractivity contribution in [3.05, 3.63) is 60.8 Å². The van der Waals surface area contributed by atoms with Crippen LogP contribution >= 0.6 is 7.82 Å². The van der Waals surface area contributed by atoms with E-state index in [1.807, 2.05) is 12.2 Å². The van der Waals surface area contributed by atoms with E-state index in [0.717, 1.165) is 44.9 Å². The van der Waals surface area contributed by atoms with Crippen molar-refractivity contribution >= 4 is 25.7 Å². The number of rotatable bonds is 43. The lowest BCUT2D eigenvalue weighted by molar-refractivity contribution is -0.161. The smallest absolute Gasteiger partial charge is 0.472 e. The van der Waals surface area contributed by atoms with Crippen LogP contribution in [0.15, 0.2) is 60.8 Å². The first kappa shape index (κ1) is 58.1. The first-order valence-electron chi connectivity index (χ1n) is 23.4. The lowest BCUT2D eigenvalue weighted by Crippen LogP contribution is -2.34. The molecular formula is C48H84NO11P. The molecule has 0 rings (SSSR count). The standard InChI is InChI=1S/C48H84NO11P/c1-3-5-7-9-11-13-15-17-18-19-20-21-22-24-26-28-30-32-34-38-47(52)60-44(41-58-61(55,56)59-42-45(49)48(53)54)40-57-46(51)39-35-37-43(50)36-33-31-29-27-25-23-16-14-12-10-8-6-4-2/h6,8,12,14,23,25,29,31,33,36,43-45,50H,3-5,7,9-11,13,15-22,24,26-28,30,32,34-35,37-42,49H2,1-2H3,(H,53,54)(H,55,56)/b8-6-,14-12-,25-23-,31-29-,36-33+/t43?,44-,45+/m1/s1. The van der Waals surface area contributed by atoms with Crippen LogP contribution in [0.4, 0.5) is 0 Å². The molecule has 0 spiro atoms. The maximum atomic E-state index is 12.7. The average molecular weight is 882 g/mol. The molecule has 0 heterocycles. The molecule has 0 aromatic carbocycles. The number of allylic oxidation sites excluding steroid dienone is 9. The second-order valence-electron chi connectivity index (χ2n) is 15.7. The van der Waals surface area contributed by atoms with E-state index >= 15 is 0 Å². The van der Waals surface area contributed by atoms with Gasteiger partial charge < -0.3 is 30.3 Å². The summed E-state index contributed by atoms with van der Waals surface area (Å²) in [4.78, 5) is 46.1. The number of carbonyl (C=O) groups excluding carboxylic acids is 2. The van der Waals surface area contributed by atoms with Crippen LogP contribution in [0.5, 0.6) is 0 Å². The number of hydrogen-bond acceptors (Lipinski definition) is 10. The Morgan fingerprint density at radius 1 is 0.590 bits per heavy atom. The number of carboxylic acid groups (broad SMARTS) is 1. The van der Waals surface area contributed by atoms with Crippen molar-refractivity contribution in [2.24, 2.45) is 5.73 Å². The Kier molecular flexibility index (Phi) is 40.5. The molecule has 5 N–H and O–H groups in total. The number of phosphoric acid groups is 1. The van der Waals surface area contributed by atoms with Gasteiger partial charge in [-0.1, -0.05) is 190 Å². The number of ether oxygens (including phenoxy) is 2. The molecule has 0 aliphatic rings. The summed E-state index contributed by atoms with van der Waals surface area (Å²) in [7, 11) is -4.77. The van der Waals surface area contributed by atoms with E-state index in [4.69, 9.17) is 24.8 Å². The minimum Gasteiger partial charge on any atom is -0.480 e. The highest BCUT2D eigenvalue weighted by atomic mass is 31.2. The molecule has 352 valence electrons. The van der Waals surface area contributed by atoms with Crippen molar-refractivity contribution in [3.63, 3.8) is 0 Å². The molecule has 0 saturated heterocycles. The number of carbonyl (C=O) groups is 3. The second kappa shape index (κ2) is 42.4. The molecule has 0 amide bonds. The van der Waals surface area contributed by atoms with Crippen molar-refractivity contribution < 1.29 is 52.6 Å². The molecular weight excluding hydrogens is 797 g/mol. The van der Waals surface area contributed by atoms with Crippen LogP contribution in [0.1, 0.15) is 187 Å². The molecule has 0 saturated carbocycles. The Morgan fingerprint density at radius 3 is 1.56 bits per heavy atom. The van der Waals surface area contributed by atoms with Gasteiger partial charge in [-0.3, -0.25) is 23.4 Å². The lowest BCUT2D eigenvalue weighted by atomic mass is 10.0. The molecule has 0 aromatic rings. The zero-order valence-electron chi connectivity index (χ0n) is 37.9. The number of aliphatic carboxylic acids is 1. The molecule has 0 radical (unpaired) electrons. The summed E-state index contributed by atoms with van der Waals surface area (Å²) in [6, 6.07) is -1.55. The number of phosphoric ester groups is 1. The molecule has 0 aliphatic heterocycles. The number of unbranched alkanes of at least 4 members (excludes halogenated alkanes) is 18. The van der Waals surface area contributed by atoms with Crippen LogP contribution < -0.4 is 5.73 Å². The Hall–Kier alpha value is -2.86. The highest BCUT2D eigenvalue weighted by molar-refractivity contribution is 7.47. The van der Waals surface area contributed by atoms with Crippen molar-refractivity contribution in [1.82, 2.24) is 0 Å². The first-order valence-corrected chi connectivity index (χ1v) is 24.9. The summed E-state index contributed by atoms with van der Waals surface area (Å²) < 4.78 is 32.6. The molecule has 61 heavy (non-hydrogen) atoms. The van der Waals surface area contributed by atoms with Gasteiger partial charge in [0.2, 0.25) is 0 Å². The summed E-state index contributed by atoms with van der Waals surface area (Å²) in [5.41, 5.74) is 5.33. The summed E-state index contributed by atoms with van der Waals surface area (Å²) in [6.07, 6.45) is 46.0. The lowest BCUT2D eigenvalue weighted by Gasteiger charge is -2.20. The number of aliphatic hydroxyl groups is 1. The van der Waals surface area contributed by atoms with Crippen molar-refractivity contribution in [1.29, 1.82) is 0 Å². The third kappa shape index (κ3) is 42.2. The van der Waals surface area contributed by atoms with Crippen LogP contribution in [-0.4, -0.2) is 71.1 Å². The molecule has 0 fully saturated rings. The van der Waals surface area contributed by atoms with Crippen molar-refractivity contribution in [2.45, 2.75) is 205 Å². The Bertz CT molecular complexity index is 1280. The van der Waals surface area contributed by atoms with E-state index < -0.39 is 63.8 Å². The van der Waals surface area contributed by atoms with Crippen molar-refractivity contribution in [2.75, 3.05) is 19.8 Å². The van der Waals surface area contributed by atoms with Crippen LogP contribution in [0.25, 0.3) is 0 Å². The average Bonchev–Trinajstić information content (AvgIpc) is 3.23. The van der Waals surface area contributed by atoms with Crippen molar-refractivity contribution in [3.8, 4) is 0 Å².